The zero-order valence-electron chi connectivity index (χ0n) is 10.7. The smallest absolute Gasteiger partial charge is 0.296 e. The number of nitro groups is 1. The lowest BCUT2D eigenvalue weighted by Crippen LogP contribution is -2.08. The van der Waals surface area contributed by atoms with Gasteiger partial charge in [-0.1, -0.05) is 12.1 Å². The summed E-state index contributed by atoms with van der Waals surface area (Å²) in [7, 11) is 0. The van der Waals surface area contributed by atoms with Crippen LogP contribution in [0, 0.1) is 13.7 Å². The van der Waals surface area contributed by atoms with Crippen LogP contribution in [0.5, 0.6) is 5.75 Å². The minimum atomic E-state index is -0.511. The van der Waals surface area contributed by atoms with E-state index in [9.17, 15) is 15.2 Å². The molecule has 0 saturated heterocycles. The van der Waals surface area contributed by atoms with Gasteiger partial charge in [0, 0.05) is 9.61 Å². The van der Waals surface area contributed by atoms with Crippen molar-refractivity contribution in [2.45, 2.75) is 13.0 Å². The highest BCUT2D eigenvalue weighted by atomic mass is 127. The molecule has 0 aliphatic carbocycles. The predicted molar refractivity (Wildman–Crippen MR) is 86.0 cm³/mol. The third-order valence-corrected chi connectivity index (χ3v) is 3.64. The van der Waals surface area contributed by atoms with Gasteiger partial charge in [-0.05, 0) is 59.3 Å². The second kappa shape index (κ2) is 6.08. The summed E-state index contributed by atoms with van der Waals surface area (Å²) in [5, 5.41) is 23.4. The molecule has 0 aliphatic rings. The van der Waals surface area contributed by atoms with Gasteiger partial charge >= 0.3 is 0 Å². The normalized spacial score (nSPS) is 11.9. The van der Waals surface area contributed by atoms with E-state index in [1.807, 2.05) is 31.2 Å². The predicted octanol–water partition coefficient (Wildman–Crippen LogP) is 4.08. The molecule has 0 fully saturated rings. The van der Waals surface area contributed by atoms with Crippen molar-refractivity contribution in [1.82, 2.24) is 0 Å². The van der Waals surface area contributed by atoms with Gasteiger partial charge in [-0.15, -0.1) is 0 Å². The lowest BCUT2D eigenvalue weighted by atomic mass is 10.1. The summed E-state index contributed by atoms with van der Waals surface area (Å²) in [5.74, 6) is -0.121. The monoisotopic (exact) mass is 384 g/mol. The van der Waals surface area contributed by atoms with Crippen molar-refractivity contribution in [3.63, 3.8) is 0 Å². The van der Waals surface area contributed by atoms with Gasteiger partial charge in [-0.25, -0.2) is 0 Å². The van der Waals surface area contributed by atoms with Crippen LogP contribution in [0.2, 0.25) is 0 Å². The van der Waals surface area contributed by atoms with Crippen molar-refractivity contribution >= 4 is 34.0 Å². The number of anilines is 1. The first kappa shape index (κ1) is 14.6. The number of benzene rings is 2. The number of nitrogens with zero attached hydrogens (tertiary/aromatic N) is 1. The summed E-state index contributed by atoms with van der Waals surface area (Å²) in [6, 6.07) is 11.9. The lowest BCUT2D eigenvalue weighted by Gasteiger charge is -2.16. The summed E-state index contributed by atoms with van der Waals surface area (Å²) >= 11 is 2.22. The first-order valence-corrected chi connectivity index (χ1v) is 7.04. The van der Waals surface area contributed by atoms with Crippen molar-refractivity contribution in [3.8, 4) is 5.75 Å². The van der Waals surface area contributed by atoms with E-state index in [1.54, 1.807) is 0 Å². The molecule has 6 heteroatoms. The number of halogens is 1. The Morgan fingerprint density at radius 1 is 1.25 bits per heavy atom. The average molecular weight is 384 g/mol. The van der Waals surface area contributed by atoms with Crippen molar-refractivity contribution in [3.05, 3.63) is 61.7 Å². The third kappa shape index (κ3) is 3.38. The maximum atomic E-state index is 11.0. The third-order valence-electron chi connectivity index (χ3n) is 2.92. The first-order chi connectivity index (χ1) is 9.47. The number of nitro benzene ring substituents is 1. The molecule has 5 nitrogen and oxygen atoms in total. The molecule has 0 amide bonds. The molecule has 0 aromatic heterocycles. The number of phenolic OH excluding ortho intramolecular Hbond substituents is 1. The van der Waals surface area contributed by atoms with Crippen LogP contribution in [-0.4, -0.2) is 10.0 Å². The Balaban J connectivity index is 2.25. The van der Waals surface area contributed by atoms with E-state index in [4.69, 9.17) is 0 Å². The van der Waals surface area contributed by atoms with Crippen LogP contribution in [0.1, 0.15) is 18.5 Å². The van der Waals surface area contributed by atoms with Gasteiger partial charge in [0.15, 0.2) is 0 Å². The molecule has 0 spiro atoms. The Hall–Kier alpha value is -1.83. The second-order valence-corrected chi connectivity index (χ2v) is 5.62. The van der Waals surface area contributed by atoms with Crippen LogP contribution >= 0.6 is 22.6 Å². The molecule has 0 bridgehead atoms. The van der Waals surface area contributed by atoms with Crippen LogP contribution in [0.25, 0.3) is 0 Å². The zero-order valence-corrected chi connectivity index (χ0v) is 12.9. The molecule has 0 radical (unpaired) electrons. The maximum absolute atomic E-state index is 11.0. The minimum Gasteiger partial charge on any atom is -0.508 e. The van der Waals surface area contributed by atoms with Crippen LogP contribution < -0.4 is 5.32 Å². The van der Waals surface area contributed by atoms with Crippen LogP contribution in [-0.2, 0) is 0 Å². The number of hydrogen-bond acceptors (Lipinski definition) is 4. The second-order valence-electron chi connectivity index (χ2n) is 4.38. The van der Waals surface area contributed by atoms with Gasteiger partial charge < -0.3 is 10.4 Å². The fourth-order valence-corrected chi connectivity index (χ4v) is 2.22. The van der Waals surface area contributed by atoms with E-state index in [1.165, 1.54) is 12.1 Å². The van der Waals surface area contributed by atoms with Gasteiger partial charge in [-0.2, -0.15) is 0 Å². The lowest BCUT2D eigenvalue weighted by molar-refractivity contribution is -0.384. The molecule has 2 aromatic carbocycles. The van der Waals surface area contributed by atoms with Crippen LogP contribution in [0.3, 0.4) is 0 Å². The highest BCUT2D eigenvalue weighted by Crippen LogP contribution is 2.31. The number of nitrogens with one attached hydrogen (secondary N) is 1. The van der Waals surface area contributed by atoms with Crippen molar-refractivity contribution < 1.29 is 10.0 Å². The van der Waals surface area contributed by atoms with E-state index in [-0.39, 0.29) is 17.5 Å². The van der Waals surface area contributed by atoms with E-state index in [0.717, 1.165) is 15.2 Å². The molecule has 2 rings (SSSR count). The standard InChI is InChI=1S/C14H13IN2O3/c1-9(10-2-4-11(15)5-3-10)16-13-7-6-12(18)8-14(13)17(19)20/h2-9,16,18H,1H3. The Bertz CT molecular complexity index is 629. The molecule has 2 aromatic rings. The molecule has 0 aliphatic heterocycles. The zero-order chi connectivity index (χ0) is 14.7. The highest BCUT2D eigenvalue weighted by molar-refractivity contribution is 14.1. The van der Waals surface area contributed by atoms with Gasteiger partial charge in [0.25, 0.3) is 5.69 Å². The molecule has 1 unspecified atom stereocenters. The molecular formula is C14H13IN2O3. The van der Waals surface area contributed by atoms with Crippen molar-refractivity contribution in [2.75, 3.05) is 5.32 Å². The van der Waals surface area contributed by atoms with E-state index in [0.29, 0.717) is 5.69 Å². The van der Waals surface area contributed by atoms with Gasteiger partial charge in [0.05, 0.1) is 11.0 Å². The summed E-state index contributed by atoms with van der Waals surface area (Å²) in [6.07, 6.45) is 0. The Labute approximate surface area is 129 Å². The van der Waals surface area contributed by atoms with Crippen molar-refractivity contribution in [2.24, 2.45) is 0 Å². The summed E-state index contributed by atoms with van der Waals surface area (Å²) in [5.41, 5.74) is 1.29. The molecular weight excluding hydrogens is 371 g/mol. The molecule has 104 valence electrons. The first-order valence-electron chi connectivity index (χ1n) is 5.97. The summed E-state index contributed by atoms with van der Waals surface area (Å²) in [4.78, 5) is 10.5. The fraction of sp³-hybridized carbons (Fsp3) is 0.143. The topological polar surface area (TPSA) is 75.4 Å². The SMILES string of the molecule is CC(Nc1ccc(O)cc1[N+](=O)[O-])c1ccc(I)cc1. The van der Waals surface area contributed by atoms with Crippen LogP contribution in [0.15, 0.2) is 42.5 Å². The summed E-state index contributed by atoms with van der Waals surface area (Å²) < 4.78 is 1.13. The number of phenols is 1. The average Bonchev–Trinajstić information content (AvgIpc) is 2.41. The van der Waals surface area contributed by atoms with Crippen LogP contribution in [0.4, 0.5) is 11.4 Å². The molecule has 0 heterocycles. The number of rotatable bonds is 4. The highest BCUT2D eigenvalue weighted by Gasteiger charge is 2.16. The Morgan fingerprint density at radius 3 is 2.50 bits per heavy atom. The van der Waals surface area contributed by atoms with E-state index in [2.05, 4.69) is 27.9 Å². The largest absolute Gasteiger partial charge is 0.508 e. The van der Waals surface area contributed by atoms with E-state index >= 15 is 0 Å². The maximum Gasteiger partial charge on any atom is 0.296 e. The van der Waals surface area contributed by atoms with Gasteiger partial charge in [-0.3, -0.25) is 10.1 Å². The molecule has 2 N–H and O–H groups in total. The van der Waals surface area contributed by atoms with E-state index < -0.39 is 4.92 Å². The Kier molecular flexibility index (Phi) is 4.43. The molecule has 20 heavy (non-hydrogen) atoms. The number of hydrogen-bond donors (Lipinski definition) is 2. The van der Waals surface area contributed by atoms with Gasteiger partial charge in [0.2, 0.25) is 0 Å². The van der Waals surface area contributed by atoms with Gasteiger partial charge in [0.1, 0.15) is 11.4 Å². The quantitative estimate of drug-likeness (QED) is 0.361. The number of aromatic hydroxyl groups is 1. The molecule has 1 atom stereocenters. The van der Waals surface area contributed by atoms with Crippen molar-refractivity contribution in [1.29, 1.82) is 0 Å². The molecule has 0 saturated carbocycles. The summed E-state index contributed by atoms with van der Waals surface area (Å²) in [6.45, 7) is 1.93. The minimum absolute atomic E-state index is 0.0738. The Morgan fingerprint density at radius 2 is 1.90 bits per heavy atom. The fourth-order valence-electron chi connectivity index (χ4n) is 1.86.